The Hall–Kier alpha value is -2.59. The summed E-state index contributed by atoms with van der Waals surface area (Å²) in [4.78, 5) is 4.12. The lowest BCUT2D eigenvalue weighted by Crippen LogP contribution is -2.12. The lowest BCUT2D eigenvalue weighted by atomic mass is 10.1. The van der Waals surface area contributed by atoms with E-state index in [4.69, 9.17) is 27.5 Å². The molecule has 0 fully saturated rings. The molecule has 0 unspecified atom stereocenters. The molecule has 0 aliphatic carbocycles. The van der Waals surface area contributed by atoms with Crippen LogP contribution >= 0.6 is 11.6 Å². The van der Waals surface area contributed by atoms with Gasteiger partial charge in [-0.05, 0) is 17.5 Å². The highest BCUT2D eigenvalue weighted by Gasteiger charge is 2.12. The normalized spacial score (nSPS) is 10.5. The van der Waals surface area contributed by atoms with E-state index in [1.54, 1.807) is 6.07 Å². The number of hydrogen-bond donors (Lipinski definition) is 2. The summed E-state index contributed by atoms with van der Waals surface area (Å²) in [5, 5.41) is 9.76. The van der Waals surface area contributed by atoms with Crippen molar-refractivity contribution >= 4 is 28.2 Å². The first-order valence-corrected chi connectivity index (χ1v) is 6.69. The Morgan fingerprint density at radius 1 is 1.10 bits per heavy atom. The molecule has 0 amide bonds. The second-order valence-electron chi connectivity index (χ2n) is 4.47. The molecule has 3 N–H and O–H groups in total. The molecule has 2 aromatic carbocycles. The van der Waals surface area contributed by atoms with Crippen LogP contribution in [0.25, 0.3) is 10.8 Å². The van der Waals surface area contributed by atoms with E-state index in [0.717, 1.165) is 10.8 Å². The van der Waals surface area contributed by atoms with Crippen LogP contribution in [0.1, 0.15) is 5.56 Å². The zero-order valence-electron chi connectivity index (χ0n) is 11.0. The van der Waals surface area contributed by atoms with Gasteiger partial charge in [-0.25, -0.2) is 4.98 Å². The predicted molar refractivity (Wildman–Crippen MR) is 84.3 cm³/mol. The van der Waals surface area contributed by atoms with Crippen molar-refractivity contribution in [3.63, 3.8) is 0 Å². The van der Waals surface area contributed by atoms with Crippen molar-refractivity contribution in [3.8, 4) is 11.6 Å². The van der Waals surface area contributed by atoms with Crippen molar-refractivity contribution in [3.05, 3.63) is 65.3 Å². The van der Waals surface area contributed by atoms with Crippen molar-refractivity contribution in [2.45, 2.75) is 0 Å². The summed E-state index contributed by atoms with van der Waals surface area (Å²) in [7, 11) is 0. The summed E-state index contributed by atoms with van der Waals surface area (Å²) in [5.74, 6) is 0.772. The van der Waals surface area contributed by atoms with E-state index in [2.05, 4.69) is 4.98 Å². The molecule has 1 aromatic heterocycles. The second-order valence-corrected chi connectivity index (χ2v) is 4.85. The van der Waals surface area contributed by atoms with Gasteiger partial charge in [0, 0.05) is 17.1 Å². The number of amidine groups is 1. The summed E-state index contributed by atoms with van der Waals surface area (Å²) < 4.78 is 5.82. The molecule has 0 saturated heterocycles. The Labute approximate surface area is 126 Å². The van der Waals surface area contributed by atoms with Crippen LogP contribution in [0.4, 0.5) is 0 Å². The summed E-state index contributed by atoms with van der Waals surface area (Å²) in [6.07, 6.45) is 1.52. The van der Waals surface area contributed by atoms with E-state index >= 15 is 0 Å². The molecule has 3 rings (SSSR count). The smallest absolute Gasteiger partial charge is 0.238 e. The number of benzene rings is 2. The number of halogens is 1. The molecule has 0 spiro atoms. The van der Waals surface area contributed by atoms with Gasteiger partial charge in [-0.15, -0.1) is 0 Å². The minimum Gasteiger partial charge on any atom is -0.437 e. The first kappa shape index (κ1) is 13.4. The molecular formula is C16H12ClN3O. The van der Waals surface area contributed by atoms with Gasteiger partial charge in [0.05, 0.1) is 0 Å². The number of nitrogens with two attached hydrogens (primary N) is 1. The lowest BCUT2D eigenvalue weighted by Gasteiger charge is -2.11. The molecule has 1 heterocycles. The maximum absolute atomic E-state index is 7.49. The highest BCUT2D eigenvalue weighted by atomic mass is 35.5. The van der Waals surface area contributed by atoms with Crippen LogP contribution in [0, 0.1) is 5.41 Å². The molecule has 3 aromatic rings. The van der Waals surface area contributed by atoms with Crippen LogP contribution in [-0.4, -0.2) is 10.8 Å². The van der Waals surface area contributed by atoms with E-state index in [-0.39, 0.29) is 16.7 Å². The van der Waals surface area contributed by atoms with Gasteiger partial charge in [0.15, 0.2) is 0 Å². The molecule has 104 valence electrons. The van der Waals surface area contributed by atoms with Crippen LogP contribution in [0.5, 0.6) is 11.6 Å². The molecule has 0 atom stereocenters. The molecule has 0 saturated carbocycles. The van der Waals surface area contributed by atoms with Gasteiger partial charge in [0.2, 0.25) is 5.88 Å². The third-order valence-corrected chi connectivity index (χ3v) is 3.47. The fourth-order valence-corrected chi connectivity index (χ4v) is 2.34. The Balaban J connectivity index is 2.07. The summed E-state index contributed by atoms with van der Waals surface area (Å²) >= 11 is 6.20. The Morgan fingerprint density at radius 2 is 1.86 bits per heavy atom. The van der Waals surface area contributed by atoms with Crippen LogP contribution in [0.2, 0.25) is 5.02 Å². The summed E-state index contributed by atoms with van der Waals surface area (Å²) in [5.41, 5.74) is 5.89. The van der Waals surface area contributed by atoms with E-state index in [1.807, 2.05) is 42.5 Å². The van der Waals surface area contributed by atoms with Gasteiger partial charge in [-0.3, -0.25) is 5.41 Å². The Kier molecular flexibility index (Phi) is 3.46. The number of rotatable bonds is 3. The second kappa shape index (κ2) is 5.42. The predicted octanol–water partition coefficient (Wildman–Crippen LogP) is 3.96. The van der Waals surface area contributed by atoms with Gasteiger partial charge in [0.25, 0.3) is 0 Å². The molecule has 0 bridgehead atoms. The summed E-state index contributed by atoms with van der Waals surface area (Å²) in [6.45, 7) is 0. The van der Waals surface area contributed by atoms with Crippen molar-refractivity contribution in [2.24, 2.45) is 5.73 Å². The fraction of sp³-hybridized carbons (Fsp3) is 0. The first-order chi connectivity index (χ1) is 10.2. The van der Waals surface area contributed by atoms with Gasteiger partial charge < -0.3 is 10.5 Å². The number of nitrogen functional groups attached to an aromatic ring is 1. The first-order valence-electron chi connectivity index (χ1n) is 6.31. The molecule has 5 heteroatoms. The van der Waals surface area contributed by atoms with E-state index in [9.17, 15) is 0 Å². The average molecular weight is 298 g/mol. The third-order valence-electron chi connectivity index (χ3n) is 3.10. The van der Waals surface area contributed by atoms with Crippen LogP contribution < -0.4 is 10.5 Å². The molecule has 0 aliphatic heterocycles. The van der Waals surface area contributed by atoms with Crippen molar-refractivity contribution in [1.29, 1.82) is 5.41 Å². The molecule has 21 heavy (non-hydrogen) atoms. The van der Waals surface area contributed by atoms with E-state index < -0.39 is 0 Å². The van der Waals surface area contributed by atoms with Crippen molar-refractivity contribution in [1.82, 2.24) is 4.98 Å². The lowest BCUT2D eigenvalue weighted by molar-refractivity contribution is 0.468. The van der Waals surface area contributed by atoms with Crippen LogP contribution in [-0.2, 0) is 0 Å². The number of nitrogens with one attached hydrogen (secondary N) is 1. The number of ether oxygens (including phenoxy) is 1. The van der Waals surface area contributed by atoms with Crippen LogP contribution in [0.3, 0.4) is 0 Å². The number of pyridine rings is 1. The number of nitrogens with zero attached hydrogens (tertiary/aromatic N) is 1. The van der Waals surface area contributed by atoms with Gasteiger partial charge in [-0.2, -0.15) is 0 Å². The van der Waals surface area contributed by atoms with E-state index in [1.165, 1.54) is 6.20 Å². The topological polar surface area (TPSA) is 72.0 Å². The monoisotopic (exact) mass is 297 g/mol. The largest absolute Gasteiger partial charge is 0.437 e. The Morgan fingerprint density at radius 3 is 2.67 bits per heavy atom. The Bertz CT molecular complexity index is 827. The maximum atomic E-state index is 7.49. The maximum Gasteiger partial charge on any atom is 0.238 e. The van der Waals surface area contributed by atoms with E-state index in [0.29, 0.717) is 11.3 Å². The third kappa shape index (κ3) is 2.53. The van der Waals surface area contributed by atoms with Crippen molar-refractivity contribution < 1.29 is 4.74 Å². The van der Waals surface area contributed by atoms with Crippen molar-refractivity contribution in [2.75, 3.05) is 0 Å². The fourth-order valence-electron chi connectivity index (χ4n) is 2.09. The average Bonchev–Trinajstić information content (AvgIpc) is 2.49. The number of aromatic nitrogens is 1. The molecular weight excluding hydrogens is 286 g/mol. The standard InChI is InChI=1S/C16H12ClN3O/c17-14-12(15(18)19)8-9-20-16(14)21-13-7-3-5-10-4-1-2-6-11(10)13/h1-9H,(H3,18,19). The van der Waals surface area contributed by atoms with Gasteiger partial charge >= 0.3 is 0 Å². The highest BCUT2D eigenvalue weighted by Crippen LogP contribution is 2.33. The highest BCUT2D eigenvalue weighted by molar-refractivity contribution is 6.35. The number of fused-ring (bicyclic) bond motifs is 1. The zero-order chi connectivity index (χ0) is 14.8. The summed E-state index contributed by atoms with van der Waals surface area (Å²) in [6, 6.07) is 15.2. The quantitative estimate of drug-likeness (QED) is 0.567. The molecule has 0 radical (unpaired) electrons. The molecule has 4 nitrogen and oxygen atoms in total. The SMILES string of the molecule is N=C(N)c1ccnc(Oc2cccc3ccccc23)c1Cl. The number of hydrogen-bond acceptors (Lipinski definition) is 3. The zero-order valence-corrected chi connectivity index (χ0v) is 11.8. The van der Waals surface area contributed by atoms with Gasteiger partial charge in [0.1, 0.15) is 16.6 Å². The minimum atomic E-state index is -0.120. The van der Waals surface area contributed by atoms with Gasteiger partial charge in [-0.1, -0.05) is 48.0 Å². The minimum absolute atomic E-state index is 0.120. The van der Waals surface area contributed by atoms with Crippen LogP contribution in [0.15, 0.2) is 54.7 Å². The molecule has 0 aliphatic rings.